The van der Waals surface area contributed by atoms with Gasteiger partial charge in [0, 0.05) is 6.42 Å². The molecule has 1 radical (unpaired) electrons. The standard InChI is InChI=1S/C10H18F3/c1-3-4-5-6-7-9(2)8-10(11,12)13/h9H,2-8H2,1H3. The molecule has 0 saturated carbocycles. The van der Waals surface area contributed by atoms with Gasteiger partial charge >= 0.3 is 6.18 Å². The second-order valence-electron chi connectivity index (χ2n) is 3.53. The van der Waals surface area contributed by atoms with Gasteiger partial charge in [0.2, 0.25) is 0 Å². The molecule has 0 spiro atoms. The summed E-state index contributed by atoms with van der Waals surface area (Å²) in [5, 5.41) is 0. The van der Waals surface area contributed by atoms with Crippen LogP contribution < -0.4 is 0 Å². The van der Waals surface area contributed by atoms with Crippen LogP contribution >= 0.6 is 0 Å². The third kappa shape index (κ3) is 9.71. The van der Waals surface area contributed by atoms with Gasteiger partial charge in [-0.1, -0.05) is 39.0 Å². The van der Waals surface area contributed by atoms with Crippen LogP contribution in [0.5, 0.6) is 0 Å². The molecule has 0 heterocycles. The number of hydrogen-bond acceptors (Lipinski definition) is 0. The molecule has 0 aromatic rings. The van der Waals surface area contributed by atoms with Gasteiger partial charge in [-0.25, -0.2) is 0 Å². The van der Waals surface area contributed by atoms with Crippen LogP contribution in [0.2, 0.25) is 0 Å². The summed E-state index contributed by atoms with van der Waals surface area (Å²) < 4.78 is 35.5. The van der Waals surface area contributed by atoms with Crippen LogP contribution in [0.25, 0.3) is 0 Å². The Kier molecular flexibility index (Phi) is 6.17. The van der Waals surface area contributed by atoms with Crippen LogP contribution in [-0.4, -0.2) is 6.18 Å². The third-order valence-corrected chi connectivity index (χ3v) is 1.99. The lowest BCUT2D eigenvalue weighted by Crippen LogP contribution is -2.13. The smallest absolute Gasteiger partial charge is 0.171 e. The molecule has 0 aromatic heterocycles. The normalized spacial score (nSPS) is 14.5. The molecular weight excluding hydrogens is 177 g/mol. The largest absolute Gasteiger partial charge is 0.389 e. The summed E-state index contributed by atoms with van der Waals surface area (Å²) in [6.45, 7) is 5.58. The minimum atomic E-state index is -4.04. The van der Waals surface area contributed by atoms with Gasteiger partial charge in [-0.2, -0.15) is 13.2 Å². The first-order valence-electron chi connectivity index (χ1n) is 4.85. The van der Waals surface area contributed by atoms with Crippen molar-refractivity contribution in [1.29, 1.82) is 0 Å². The summed E-state index contributed by atoms with van der Waals surface area (Å²) >= 11 is 0. The maximum Gasteiger partial charge on any atom is 0.389 e. The molecule has 0 aromatic carbocycles. The van der Waals surface area contributed by atoms with Crippen molar-refractivity contribution in [3.63, 3.8) is 0 Å². The molecule has 0 aliphatic rings. The van der Waals surface area contributed by atoms with E-state index in [4.69, 9.17) is 0 Å². The van der Waals surface area contributed by atoms with E-state index in [-0.39, 0.29) is 0 Å². The van der Waals surface area contributed by atoms with Gasteiger partial charge in [0.1, 0.15) is 0 Å². The molecule has 13 heavy (non-hydrogen) atoms. The number of alkyl halides is 3. The molecule has 0 aliphatic carbocycles. The Morgan fingerprint density at radius 1 is 1.15 bits per heavy atom. The van der Waals surface area contributed by atoms with Crippen molar-refractivity contribution in [3.05, 3.63) is 6.92 Å². The Morgan fingerprint density at radius 3 is 2.23 bits per heavy atom. The first-order valence-corrected chi connectivity index (χ1v) is 4.85. The molecule has 1 atom stereocenters. The van der Waals surface area contributed by atoms with Crippen molar-refractivity contribution < 1.29 is 13.2 Å². The van der Waals surface area contributed by atoms with E-state index < -0.39 is 18.5 Å². The number of rotatable bonds is 6. The van der Waals surface area contributed by atoms with Gasteiger partial charge in [-0.15, -0.1) is 0 Å². The summed E-state index contributed by atoms with van der Waals surface area (Å²) in [4.78, 5) is 0. The van der Waals surface area contributed by atoms with Gasteiger partial charge in [-0.05, 0) is 12.8 Å². The van der Waals surface area contributed by atoms with Crippen molar-refractivity contribution in [2.45, 2.75) is 51.6 Å². The minimum absolute atomic E-state index is 0.461. The molecule has 3 heteroatoms. The Balaban J connectivity index is 3.35. The van der Waals surface area contributed by atoms with E-state index in [0.29, 0.717) is 6.42 Å². The maximum absolute atomic E-state index is 11.8. The van der Waals surface area contributed by atoms with Gasteiger partial charge < -0.3 is 0 Å². The maximum atomic E-state index is 11.8. The zero-order valence-electron chi connectivity index (χ0n) is 8.16. The van der Waals surface area contributed by atoms with Crippen LogP contribution in [0.1, 0.15) is 45.4 Å². The van der Waals surface area contributed by atoms with Crippen molar-refractivity contribution in [1.82, 2.24) is 0 Å². The SMILES string of the molecule is [CH2]C(CCCCCC)CC(F)(F)F. The minimum Gasteiger partial charge on any atom is -0.171 e. The predicted octanol–water partition coefficient (Wildman–Crippen LogP) is 4.36. The molecule has 0 N–H and O–H groups in total. The fourth-order valence-corrected chi connectivity index (χ4v) is 1.29. The zero-order valence-corrected chi connectivity index (χ0v) is 8.16. The Morgan fingerprint density at radius 2 is 1.77 bits per heavy atom. The van der Waals surface area contributed by atoms with E-state index in [9.17, 15) is 13.2 Å². The molecule has 1 unspecified atom stereocenters. The van der Waals surface area contributed by atoms with Crippen LogP contribution in [-0.2, 0) is 0 Å². The van der Waals surface area contributed by atoms with Gasteiger partial charge in [0.15, 0.2) is 0 Å². The third-order valence-electron chi connectivity index (χ3n) is 1.99. The van der Waals surface area contributed by atoms with Crippen LogP contribution in [0.4, 0.5) is 13.2 Å². The second-order valence-corrected chi connectivity index (χ2v) is 3.53. The fourth-order valence-electron chi connectivity index (χ4n) is 1.29. The molecule has 0 fully saturated rings. The lowest BCUT2D eigenvalue weighted by atomic mass is 9.99. The number of hydrogen-bond donors (Lipinski definition) is 0. The van der Waals surface area contributed by atoms with Crippen LogP contribution in [0.15, 0.2) is 0 Å². The van der Waals surface area contributed by atoms with E-state index in [1.54, 1.807) is 0 Å². The highest BCUT2D eigenvalue weighted by molar-refractivity contribution is 4.65. The Bertz CT molecular complexity index is 118. The summed E-state index contributed by atoms with van der Waals surface area (Å²) in [5.74, 6) is -0.461. The van der Waals surface area contributed by atoms with Gasteiger partial charge in [-0.3, -0.25) is 0 Å². The Hall–Kier alpha value is -0.210. The van der Waals surface area contributed by atoms with E-state index >= 15 is 0 Å². The Labute approximate surface area is 78.5 Å². The highest BCUT2D eigenvalue weighted by Gasteiger charge is 2.29. The number of unbranched alkanes of at least 4 members (excludes halogenated alkanes) is 3. The highest BCUT2D eigenvalue weighted by Crippen LogP contribution is 2.27. The number of halogens is 3. The average Bonchev–Trinajstić information content (AvgIpc) is 1.94. The van der Waals surface area contributed by atoms with Crippen molar-refractivity contribution in [2.75, 3.05) is 0 Å². The lowest BCUT2D eigenvalue weighted by Gasteiger charge is -2.13. The van der Waals surface area contributed by atoms with Crippen LogP contribution in [0, 0.1) is 12.8 Å². The topological polar surface area (TPSA) is 0 Å². The molecule has 0 amide bonds. The monoisotopic (exact) mass is 195 g/mol. The molecule has 0 bridgehead atoms. The molecule has 0 rings (SSSR count). The molecule has 79 valence electrons. The average molecular weight is 195 g/mol. The van der Waals surface area contributed by atoms with Crippen molar-refractivity contribution in [3.8, 4) is 0 Å². The summed E-state index contributed by atoms with van der Waals surface area (Å²) in [6.07, 6.45) is -0.0614. The second kappa shape index (κ2) is 6.28. The summed E-state index contributed by atoms with van der Waals surface area (Å²) in [5.41, 5.74) is 0. The van der Waals surface area contributed by atoms with E-state index in [1.165, 1.54) is 0 Å². The molecule has 0 saturated heterocycles. The van der Waals surface area contributed by atoms with Crippen LogP contribution in [0.3, 0.4) is 0 Å². The zero-order chi connectivity index (χ0) is 10.3. The van der Waals surface area contributed by atoms with Crippen molar-refractivity contribution >= 4 is 0 Å². The van der Waals surface area contributed by atoms with E-state index in [1.807, 2.05) is 0 Å². The molecular formula is C10H18F3. The summed E-state index contributed by atoms with van der Waals surface area (Å²) in [7, 11) is 0. The lowest BCUT2D eigenvalue weighted by molar-refractivity contribution is -0.141. The molecule has 0 aliphatic heterocycles. The fraction of sp³-hybridized carbons (Fsp3) is 0.900. The first kappa shape index (κ1) is 12.8. The first-order chi connectivity index (χ1) is 5.95. The van der Waals surface area contributed by atoms with Crippen molar-refractivity contribution in [2.24, 2.45) is 5.92 Å². The quantitative estimate of drug-likeness (QED) is 0.552. The predicted molar refractivity (Wildman–Crippen MR) is 48.3 cm³/mol. The highest BCUT2D eigenvalue weighted by atomic mass is 19.4. The molecule has 0 nitrogen and oxygen atoms in total. The van der Waals surface area contributed by atoms with Gasteiger partial charge in [0.25, 0.3) is 0 Å². The van der Waals surface area contributed by atoms with E-state index in [0.717, 1.165) is 25.7 Å². The summed E-state index contributed by atoms with van der Waals surface area (Å²) in [6, 6.07) is 0. The van der Waals surface area contributed by atoms with Gasteiger partial charge in [0.05, 0.1) is 0 Å². The van der Waals surface area contributed by atoms with E-state index in [2.05, 4.69) is 13.8 Å².